The van der Waals surface area contributed by atoms with Crippen LogP contribution in [0.2, 0.25) is 5.02 Å². The van der Waals surface area contributed by atoms with Gasteiger partial charge in [0, 0.05) is 17.6 Å². The van der Waals surface area contributed by atoms with E-state index in [9.17, 15) is 9.59 Å². The number of halogens is 1. The molecule has 2 aromatic carbocycles. The van der Waals surface area contributed by atoms with E-state index < -0.39 is 6.04 Å². The standard InChI is InChI=1S/C23H29ClN2O2/c1-5-17(3)25-23(28)18(4)26(15-20-12-8-9-13-21(20)24)22(27)14-19-11-7-6-10-16(19)2/h6-13,17-18H,5,14-15H2,1-4H3,(H,25,28). The fourth-order valence-corrected chi connectivity index (χ4v) is 3.13. The van der Waals surface area contributed by atoms with Crippen LogP contribution < -0.4 is 5.32 Å². The van der Waals surface area contributed by atoms with E-state index in [0.717, 1.165) is 23.1 Å². The van der Waals surface area contributed by atoms with Gasteiger partial charge in [-0.3, -0.25) is 9.59 Å². The number of nitrogens with zero attached hydrogens (tertiary/aromatic N) is 1. The highest BCUT2D eigenvalue weighted by Crippen LogP contribution is 2.20. The summed E-state index contributed by atoms with van der Waals surface area (Å²) in [5.74, 6) is -0.249. The van der Waals surface area contributed by atoms with Gasteiger partial charge in [-0.1, -0.05) is 61.0 Å². The van der Waals surface area contributed by atoms with Crippen molar-refractivity contribution in [1.29, 1.82) is 0 Å². The molecule has 0 heterocycles. The van der Waals surface area contributed by atoms with Crippen LogP contribution in [0.5, 0.6) is 0 Å². The number of carbonyl (C=O) groups excluding carboxylic acids is 2. The highest BCUT2D eigenvalue weighted by Gasteiger charge is 2.27. The Balaban J connectivity index is 2.26. The number of hydrogen-bond donors (Lipinski definition) is 1. The first kappa shape index (κ1) is 22.0. The lowest BCUT2D eigenvalue weighted by Crippen LogP contribution is -2.50. The molecule has 0 aliphatic carbocycles. The summed E-state index contributed by atoms with van der Waals surface area (Å²) in [6.07, 6.45) is 1.08. The Kier molecular flexibility index (Phi) is 8.06. The highest BCUT2D eigenvalue weighted by molar-refractivity contribution is 6.31. The largest absolute Gasteiger partial charge is 0.352 e. The Bertz CT molecular complexity index is 822. The van der Waals surface area contributed by atoms with Gasteiger partial charge in [-0.25, -0.2) is 0 Å². The van der Waals surface area contributed by atoms with Gasteiger partial charge in [0.15, 0.2) is 0 Å². The summed E-state index contributed by atoms with van der Waals surface area (Å²) >= 11 is 6.31. The van der Waals surface area contributed by atoms with E-state index in [1.165, 1.54) is 0 Å². The smallest absolute Gasteiger partial charge is 0.242 e. The maximum Gasteiger partial charge on any atom is 0.242 e. The van der Waals surface area contributed by atoms with Gasteiger partial charge >= 0.3 is 0 Å². The average Bonchev–Trinajstić information content (AvgIpc) is 2.68. The third kappa shape index (κ3) is 5.83. The first-order chi connectivity index (χ1) is 13.3. The molecule has 2 rings (SSSR count). The number of rotatable bonds is 8. The second-order valence-corrected chi connectivity index (χ2v) is 7.62. The quantitative estimate of drug-likeness (QED) is 0.708. The minimum Gasteiger partial charge on any atom is -0.352 e. The topological polar surface area (TPSA) is 49.4 Å². The van der Waals surface area contributed by atoms with Gasteiger partial charge in [-0.2, -0.15) is 0 Å². The monoisotopic (exact) mass is 400 g/mol. The van der Waals surface area contributed by atoms with E-state index in [1.807, 2.05) is 63.2 Å². The van der Waals surface area contributed by atoms with Crippen LogP contribution in [-0.2, 0) is 22.6 Å². The van der Waals surface area contributed by atoms with E-state index in [1.54, 1.807) is 17.9 Å². The summed E-state index contributed by atoms with van der Waals surface area (Å²) in [6, 6.07) is 14.7. The fraction of sp³-hybridized carbons (Fsp3) is 0.391. The molecular weight excluding hydrogens is 372 g/mol. The first-order valence-corrected chi connectivity index (χ1v) is 10.1. The molecule has 0 aliphatic rings. The van der Waals surface area contributed by atoms with Crippen LogP contribution in [0.1, 0.15) is 43.9 Å². The second-order valence-electron chi connectivity index (χ2n) is 7.21. The Labute approximate surface area is 172 Å². The minimum absolute atomic E-state index is 0.0589. The zero-order valence-corrected chi connectivity index (χ0v) is 17.8. The number of hydrogen-bond acceptors (Lipinski definition) is 2. The summed E-state index contributed by atoms with van der Waals surface area (Å²) < 4.78 is 0. The molecule has 5 heteroatoms. The molecule has 0 saturated heterocycles. The summed E-state index contributed by atoms with van der Waals surface area (Å²) in [4.78, 5) is 27.5. The van der Waals surface area contributed by atoms with Gasteiger partial charge < -0.3 is 10.2 Å². The van der Waals surface area contributed by atoms with Gasteiger partial charge in [0.05, 0.1) is 6.42 Å². The van der Waals surface area contributed by atoms with Crippen molar-refractivity contribution in [3.05, 3.63) is 70.2 Å². The molecule has 28 heavy (non-hydrogen) atoms. The number of nitrogens with one attached hydrogen (secondary N) is 1. The number of amides is 2. The Morgan fingerprint density at radius 1 is 1.04 bits per heavy atom. The molecule has 2 aromatic rings. The normalized spacial score (nSPS) is 12.9. The third-order valence-corrected chi connectivity index (χ3v) is 5.44. The van der Waals surface area contributed by atoms with E-state index in [0.29, 0.717) is 11.6 Å². The van der Waals surface area contributed by atoms with E-state index in [2.05, 4.69) is 5.32 Å². The minimum atomic E-state index is -0.596. The fourth-order valence-electron chi connectivity index (χ4n) is 2.93. The lowest BCUT2D eigenvalue weighted by molar-refractivity contribution is -0.140. The van der Waals surface area contributed by atoms with Crippen LogP contribution in [-0.4, -0.2) is 28.8 Å². The van der Waals surface area contributed by atoms with Crippen molar-refractivity contribution in [3.63, 3.8) is 0 Å². The molecule has 2 amide bonds. The predicted octanol–water partition coefficient (Wildman–Crippen LogP) is 4.52. The molecule has 0 aromatic heterocycles. The maximum atomic E-state index is 13.2. The Morgan fingerprint density at radius 3 is 2.25 bits per heavy atom. The molecule has 4 nitrogen and oxygen atoms in total. The van der Waals surface area contributed by atoms with E-state index >= 15 is 0 Å². The Hall–Kier alpha value is -2.33. The van der Waals surface area contributed by atoms with Gasteiger partial charge in [0.25, 0.3) is 0 Å². The van der Waals surface area contributed by atoms with Crippen LogP contribution in [0.4, 0.5) is 0 Å². The van der Waals surface area contributed by atoms with Crippen molar-refractivity contribution in [2.45, 2.75) is 59.2 Å². The SMILES string of the molecule is CCC(C)NC(=O)C(C)N(Cc1ccccc1Cl)C(=O)Cc1ccccc1C. The molecule has 0 bridgehead atoms. The van der Waals surface area contributed by atoms with Crippen molar-refractivity contribution in [2.75, 3.05) is 0 Å². The van der Waals surface area contributed by atoms with Gasteiger partial charge in [-0.05, 0) is 49.9 Å². The molecule has 0 fully saturated rings. The zero-order valence-electron chi connectivity index (χ0n) is 17.0. The van der Waals surface area contributed by atoms with Crippen molar-refractivity contribution in [1.82, 2.24) is 10.2 Å². The van der Waals surface area contributed by atoms with Crippen molar-refractivity contribution in [2.24, 2.45) is 0 Å². The summed E-state index contributed by atoms with van der Waals surface area (Å²) in [6.45, 7) is 8.02. The lowest BCUT2D eigenvalue weighted by atomic mass is 10.0. The van der Waals surface area contributed by atoms with Crippen molar-refractivity contribution >= 4 is 23.4 Å². The first-order valence-electron chi connectivity index (χ1n) is 9.71. The molecular formula is C23H29ClN2O2. The second kappa shape index (κ2) is 10.3. The summed E-state index contributed by atoms with van der Waals surface area (Å²) in [7, 11) is 0. The number of aryl methyl sites for hydroxylation is 1. The van der Waals surface area contributed by atoms with Crippen molar-refractivity contribution < 1.29 is 9.59 Å². The highest BCUT2D eigenvalue weighted by atomic mass is 35.5. The molecule has 2 atom stereocenters. The molecule has 0 saturated carbocycles. The van der Waals surface area contributed by atoms with Gasteiger partial charge in [0.1, 0.15) is 6.04 Å². The molecule has 1 N–H and O–H groups in total. The number of benzene rings is 2. The third-order valence-electron chi connectivity index (χ3n) is 5.07. The average molecular weight is 401 g/mol. The number of carbonyl (C=O) groups is 2. The Morgan fingerprint density at radius 2 is 1.64 bits per heavy atom. The van der Waals surface area contributed by atoms with Gasteiger partial charge in [-0.15, -0.1) is 0 Å². The van der Waals surface area contributed by atoms with E-state index in [-0.39, 0.29) is 24.3 Å². The van der Waals surface area contributed by atoms with Crippen LogP contribution in [0.3, 0.4) is 0 Å². The van der Waals surface area contributed by atoms with Gasteiger partial charge in [0.2, 0.25) is 11.8 Å². The zero-order chi connectivity index (χ0) is 20.7. The lowest BCUT2D eigenvalue weighted by Gasteiger charge is -2.30. The van der Waals surface area contributed by atoms with Crippen LogP contribution >= 0.6 is 11.6 Å². The summed E-state index contributed by atoms with van der Waals surface area (Å²) in [5, 5.41) is 3.56. The molecule has 0 radical (unpaired) electrons. The predicted molar refractivity (Wildman–Crippen MR) is 114 cm³/mol. The van der Waals surface area contributed by atoms with E-state index in [4.69, 9.17) is 11.6 Å². The summed E-state index contributed by atoms with van der Waals surface area (Å²) in [5.41, 5.74) is 2.85. The van der Waals surface area contributed by atoms with Crippen molar-refractivity contribution in [3.8, 4) is 0 Å². The molecule has 150 valence electrons. The van der Waals surface area contributed by atoms with Crippen LogP contribution in [0, 0.1) is 6.92 Å². The molecule has 0 spiro atoms. The van der Waals surface area contributed by atoms with Crippen LogP contribution in [0.25, 0.3) is 0 Å². The van der Waals surface area contributed by atoms with Crippen LogP contribution in [0.15, 0.2) is 48.5 Å². The maximum absolute atomic E-state index is 13.2. The molecule has 2 unspecified atom stereocenters. The molecule has 0 aliphatic heterocycles.